The molecule has 9 nitrogen and oxygen atoms in total. The van der Waals surface area contributed by atoms with Crippen molar-refractivity contribution in [2.45, 2.75) is 18.9 Å². The van der Waals surface area contributed by atoms with Gasteiger partial charge in [-0.05, 0) is 31.0 Å². The minimum Gasteiger partial charge on any atom is -0.480 e. The van der Waals surface area contributed by atoms with Crippen LogP contribution in [0, 0.1) is 10.1 Å². The highest BCUT2D eigenvalue weighted by Gasteiger charge is 2.34. The number of nitro benzene ring substituents is 1. The highest BCUT2D eigenvalue weighted by molar-refractivity contribution is 6.15. The number of carboxylic acids is 1. The molecule has 1 aliphatic heterocycles. The minimum absolute atomic E-state index is 0.0166. The molecule has 3 rings (SSSR count). The van der Waals surface area contributed by atoms with E-state index in [9.17, 15) is 29.6 Å². The molecule has 0 amide bonds. The second-order valence-corrected chi connectivity index (χ2v) is 6.52. The Bertz CT molecular complexity index is 1000. The number of anilines is 1. The Morgan fingerprint density at radius 3 is 2.48 bits per heavy atom. The molecule has 2 aromatic rings. The monoisotopic (exact) mass is 398 g/mol. The van der Waals surface area contributed by atoms with Crippen LogP contribution in [0.5, 0.6) is 0 Å². The van der Waals surface area contributed by atoms with E-state index in [2.05, 4.69) is 4.74 Å². The van der Waals surface area contributed by atoms with Gasteiger partial charge in [-0.15, -0.1) is 0 Å². The first kappa shape index (κ1) is 20.0. The van der Waals surface area contributed by atoms with Gasteiger partial charge in [-0.2, -0.15) is 0 Å². The number of aliphatic carboxylic acids is 1. The molecule has 1 aliphatic rings. The molecule has 1 heterocycles. The van der Waals surface area contributed by atoms with Crippen molar-refractivity contribution in [1.29, 1.82) is 0 Å². The van der Waals surface area contributed by atoms with E-state index in [1.807, 2.05) is 0 Å². The average Bonchev–Trinajstić information content (AvgIpc) is 3.22. The Morgan fingerprint density at radius 2 is 1.86 bits per heavy atom. The van der Waals surface area contributed by atoms with Crippen LogP contribution in [0.15, 0.2) is 42.5 Å². The fourth-order valence-electron chi connectivity index (χ4n) is 3.49. The summed E-state index contributed by atoms with van der Waals surface area (Å²) in [5.74, 6) is -2.32. The number of ketones is 1. The third-order valence-electron chi connectivity index (χ3n) is 4.86. The fraction of sp³-hybridized carbons (Fsp3) is 0.250. The molecule has 1 saturated heterocycles. The summed E-state index contributed by atoms with van der Waals surface area (Å²) >= 11 is 0. The standard InChI is InChI=1S/C20H18N2O7/c1-29-20(26)14-6-3-2-5-13(14)18(23)12-8-9-15(17(11-12)22(27)28)21-10-4-7-16(21)19(24)25/h2-3,5-6,8-9,11,16H,4,7,10H2,1H3,(H,24,25)/t16-/m1/s1. The molecule has 0 bridgehead atoms. The lowest BCUT2D eigenvalue weighted by molar-refractivity contribution is -0.384. The van der Waals surface area contributed by atoms with E-state index < -0.39 is 28.7 Å². The zero-order valence-corrected chi connectivity index (χ0v) is 15.5. The number of nitro groups is 1. The van der Waals surface area contributed by atoms with Gasteiger partial charge in [0.05, 0.1) is 17.6 Å². The van der Waals surface area contributed by atoms with Crippen LogP contribution < -0.4 is 4.90 Å². The van der Waals surface area contributed by atoms with E-state index in [1.165, 1.54) is 36.3 Å². The highest BCUT2D eigenvalue weighted by atomic mass is 16.6. The first-order valence-corrected chi connectivity index (χ1v) is 8.85. The summed E-state index contributed by atoms with van der Waals surface area (Å²) in [6, 6.07) is 9.07. The van der Waals surface area contributed by atoms with Crippen molar-refractivity contribution < 1.29 is 29.2 Å². The quantitative estimate of drug-likeness (QED) is 0.340. The molecule has 0 radical (unpaired) electrons. The van der Waals surface area contributed by atoms with Crippen molar-refractivity contribution in [3.05, 3.63) is 69.3 Å². The van der Waals surface area contributed by atoms with Gasteiger partial charge in [-0.25, -0.2) is 9.59 Å². The summed E-state index contributed by atoms with van der Waals surface area (Å²) in [5, 5.41) is 21.0. The molecule has 0 unspecified atom stereocenters. The van der Waals surface area contributed by atoms with Crippen LogP contribution in [0.4, 0.5) is 11.4 Å². The number of nitrogens with zero attached hydrogens (tertiary/aromatic N) is 2. The second kappa shape index (κ2) is 8.09. The first-order valence-electron chi connectivity index (χ1n) is 8.85. The summed E-state index contributed by atoms with van der Waals surface area (Å²) in [5.41, 5.74) is -0.0803. The zero-order chi connectivity index (χ0) is 21.1. The number of benzene rings is 2. The highest BCUT2D eigenvalue weighted by Crippen LogP contribution is 2.35. The molecule has 0 aliphatic carbocycles. The summed E-state index contributed by atoms with van der Waals surface area (Å²) in [6.45, 7) is 0.371. The zero-order valence-electron chi connectivity index (χ0n) is 15.5. The van der Waals surface area contributed by atoms with Gasteiger partial charge in [0.25, 0.3) is 5.69 Å². The molecule has 1 atom stereocenters. The molecule has 0 aromatic heterocycles. The van der Waals surface area contributed by atoms with E-state index in [0.29, 0.717) is 19.4 Å². The third-order valence-corrected chi connectivity index (χ3v) is 4.86. The molecular weight excluding hydrogens is 380 g/mol. The van der Waals surface area contributed by atoms with Crippen LogP contribution in [-0.4, -0.2) is 47.4 Å². The van der Waals surface area contributed by atoms with Crippen molar-refractivity contribution in [2.24, 2.45) is 0 Å². The lowest BCUT2D eigenvalue weighted by Crippen LogP contribution is -2.36. The number of ether oxygens (including phenoxy) is 1. The molecule has 0 saturated carbocycles. The van der Waals surface area contributed by atoms with Crippen molar-refractivity contribution in [2.75, 3.05) is 18.6 Å². The topological polar surface area (TPSA) is 127 Å². The van der Waals surface area contributed by atoms with Gasteiger partial charge in [-0.3, -0.25) is 14.9 Å². The molecule has 29 heavy (non-hydrogen) atoms. The summed E-state index contributed by atoms with van der Waals surface area (Å²) in [4.78, 5) is 48.8. The Labute approximate surface area is 165 Å². The van der Waals surface area contributed by atoms with Crippen LogP contribution in [0.2, 0.25) is 0 Å². The summed E-state index contributed by atoms with van der Waals surface area (Å²) < 4.78 is 4.68. The SMILES string of the molecule is COC(=O)c1ccccc1C(=O)c1ccc(N2CCC[C@@H]2C(=O)O)c([N+](=O)[O-])c1. The van der Waals surface area contributed by atoms with Crippen molar-refractivity contribution >= 4 is 29.1 Å². The van der Waals surface area contributed by atoms with E-state index in [4.69, 9.17) is 0 Å². The van der Waals surface area contributed by atoms with Gasteiger partial charge >= 0.3 is 11.9 Å². The first-order chi connectivity index (χ1) is 13.8. The fourth-order valence-corrected chi connectivity index (χ4v) is 3.49. The number of methoxy groups -OCH3 is 1. The summed E-state index contributed by atoms with van der Waals surface area (Å²) in [6.07, 6.45) is 0.987. The van der Waals surface area contributed by atoms with Crippen LogP contribution in [0.3, 0.4) is 0 Å². The largest absolute Gasteiger partial charge is 0.480 e. The van der Waals surface area contributed by atoms with E-state index in [1.54, 1.807) is 12.1 Å². The van der Waals surface area contributed by atoms with Gasteiger partial charge in [0, 0.05) is 23.7 Å². The van der Waals surface area contributed by atoms with Gasteiger partial charge in [0.2, 0.25) is 0 Å². The third kappa shape index (κ3) is 3.79. The Balaban J connectivity index is 2.04. The normalized spacial score (nSPS) is 15.8. The number of hydrogen-bond acceptors (Lipinski definition) is 7. The predicted molar refractivity (Wildman–Crippen MR) is 102 cm³/mol. The number of rotatable bonds is 6. The molecule has 9 heteroatoms. The van der Waals surface area contributed by atoms with E-state index in [-0.39, 0.29) is 28.1 Å². The molecular formula is C20H18N2O7. The Kier molecular flexibility index (Phi) is 5.58. The number of carboxylic acid groups (broad SMARTS) is 1. The maximum atomic E-state index is 12.9. The molecule has 1 fully saturated rings. The molecule has 2 aromatic carbocycles. The minimum atomic E-state index is -1.05. The van der Waals surface area contributed by atoms with Crippen LogP contribution in [-0.2, 0) is 9.53 Å². The molecule has 150 valence electrons. The smallest absolute Gasteiger partial charge is 0.338 e. The maximum Gasteiger partial charge on any atom is 0.338 e. The number of carbonyl (C=O) groups excluding carboxylic acids is 2. The predicted octanol–water partition coefficient (Wildman–Crippen LogP) is 2.67. The van der Waals surface area contributed by atoms with Crippen molar-refractivity contribution in [1.82, 2.24) is 0 Å². The van der Waals surface area contributed by atoms with Gasteiger partial charge < -0.3 is 14.7 Å². The van der Waals surface area contributed by atoms with Crippen molar-refractivity contribution in [3.8, 4) is 0 Å². The number of hydrogen-bond donors (Lipinski definition) is 1. The summed E-state index contributed by atoms with van der Waals surface area (Å²) in [7, 11) is 1.19. The Morgan fingerprint density at radius 1 is 1.17 bits per heavy atom. The maximum absolute atomic E-state index is 12.9. The van der Waals surface area contributed by atoms with Gasteiger partial charge in [0.15, 0.2) is 5.78 Å². The second-order valence-electron chi connectivity index (χ2n) is 6.52. The van der Waals surface area contributed by atoms with E-state index >= 15 is 0 Å². The van der Waals surface area contributed by atoms with Crippen LogP contribution >= 0.6 is 0 Å². The van der Waals surface area contributed by atoms with Crippen LogP contribution in [0.25, 0.3) is 0 Å². The van der Waals surface area contributed by atoms with Gasteiger partial charge in [0.1, 0.15) is 11.7 Å². The van der Waals surface area contributed by atoms with E-state index in [0.717, 1.165) is 6.07 Å². The van der Waals surface area contributed by atoms with Crippen LogP contribution in [0.1, 0.15) is 39.1 Å². The molecule has 1 N–H and O–H groups in total. The Hall–Kier alpha value is -3.75. The number of esters is 1. The average molecular weight is 398 g/mol. The lowest BCUT2D eigenvalue weighted by Gasteiger charge is -2.23. The van der Waals surface area contributed by atoms with Gasteiger partial charge in [-0.1, -0.05) is 18.2 Å². The van der Waals surface area contributed by atoms with Crippen molar-refractivity contribution in [3.63, 3.8) is 0 Å². The number of carbonyl (C=O) groups is 3. The lowest BCUT2D eigenvalue weighted by atomic mass is 9.97. The molecule has 0 spiro atoms.